The van der Waals surface area contributed by atoms with Gasteiger partial charge in [-0.3, -0.25) is 4.79 Å². The van der Waals surface area contributed by atoms with Crippen LogP contribution in [0.4, 0.5) is 5.69 Å². The molecule has 0 spiro atoms. The van der Waals surface area contributed by atoms with Crippen molar-refractivity contribution < 1.29 is 0 Å². The first-order valence-electron chi connectivity index (χ1n) is 3.27. The zero-order valence-electron chi connectivity index (χ0n) is 6.35. The number of nitrogens with one attached hydrogen (secondary N) is 1. The Morgan fingerprint density at radius 1 is 1.73 bits per heavy atom. The van der Waals surface area contributed by atoms with Gasteiger partial charge in [-0.15, -0.1) is 0 Å². The fourth-order valence-electron chi connectivity index (χ4n) is 0.867. The van der Waals surface area contributed by atoms with Crippen molar-refractivity contribution in [2.45, 2.75) is 6.92 Å². The number of pyridine rings is 1. The second kappa shape index (κ2) is 2.62. The maximum absolute atomic E-state index is 10.9. The number of aromatic amines is 1. The summed E-state index contributed by atoms with van der Waals surface area (Å²) in [6, 6.07) is 0. The summed E-state index contributed by atoms with van der Waals surface area (Å²) in [4.78, 5) is 13.4. The number of nitrogen functional groups attached to an aromatic ring is 1. The number of anilines is 1. The van der Waals surface area contributed by atoms with Gasteiger partial charge in [-0.2, -0.15) is 0 Å². The van der Waals surface area contributed by atoms with Crippen molar-refractivity contribution in [2.24, 2.45) is 0 Å². The highest BCUT2D eigenvalue weighted by Gasteiger charge is 2.00. The Hall–Kier alpha value is -1.51. The van der Waals surface area contributed by atoms with Crippen molar-refractivity contribution in [3.8, 4) is 0 Å². The number of rotatable bonds is 1. The molecule has 58 valence electrons. The molecule has 0 aliphatic rings. The van der Waals surface area contributed by atoms with Gasteiger partial charge in [-0.05, 0) is 18.1 Å². The van der Waals surface area contributed by atoms with E-state index >= 15 is 0 Å². The molecule has 0 bridgehead atoms. The van der Waals surface area contributed by atoms with E-state index in [2.05, 4.69) is 11.6 Å². The molecule has 11 heavy (non-hydrogen) atoms. The maximum atomic E-state index is 10.9. The number of aromatic nitrogens is 1. The van der Waals surface area contributed by atoms with Gasteiger partial charge in [0.1, 0.15) is 5.69 Å². The van der Waals surface area contributed by atoms with E-state index in [1.54, 1.807) is 19.2 Å². The van der Waals surface area contributed by atoms with E-state index in [1.807, 2.05) is 0 Å². The Kier molecular flexibility index (Phi) is 1.81. The maximum Gasteiger partial charge on any atom is 0.271 e. The minimum Gasteiger partial charge on any atom is -0.394 e. The van der Waals surface area contributed by atoms with Crippen LogP contribution < -0.4 is 11.3 Å². The zero-order valence-corrected chi connectivity index (χ0v) is 6.35. The van der Waals surface area contributed by atoms with Crippen LogP contribution >= 0.6 is 0 Å². The van der Waals surface area contributed by atoms with Crippen LogP contribution in [0.1, 0.15) is 11.1 Å². The Bertz CT molecular complexity index is 338. The smallest absolute Gasteiger partial charge is 0.271 e. The van der Waals surface area contributed by atoms with E-state index in [9.17, 15) is 4.79 Å². The predicted octanol–water partition coefficient (Wildman–Crippen LogP) is 0.909. The normalized spacial score (nSPS) is 9.55. The SMILES string of the molecule is C=Cc1c[nH]c(=O)c(N)c1C. The minimum atomic E-state index is -0.242. The summed E-state index contributed by atoms with van der Waals surface area (Å²) >= 11 is 0. The average molecular weight is 150 g/mol. The molecule has 1 aromatic heterocycles. The number of hydrogen-bond donors (Lipinski definition) is 2. The molecule has 0 atom stereocenters. The van der Waals surface area contributed by atoms with Gasteiger partial charge in [0.05, 0.1) is 0 Å². The molecule has 3 nitrogen and oxygen atoms in total. The van der Waals surface area contributed by atoms with E-state index in [-0.39, 0.29) is 11.2 Å². The van der Waals surface area contributed by atoms with Crippen LogP contribution in [-0.2, 0) is 0 Å². The van der Waals surface area contributed by atoms with Gasteiger partial charge in [0.25, 0.3) is 5.56 Å². The first kappa shape index (κ1) is 7.60. The molecule has 1 heterocycles. The lowest BCUT2D eigenvalue weighted by molar-refractivity contribution is 1.20. The van der Waals surface area contributed by atoms with Gasteiger partial charge in [-0.1, -0.05) is 12.7 Å². The summed E-state index contributed by atoms with van der Waals surface area (Å²) in [6.07, 6.45) is 3.25. The lowest BCUT2D eigenvalue weighted by atomic mass is 10.1. The van der Waals surface area contributed by atoms with Crippen molar-refractivity contribution in [3.63, 3.8) is 0 Å². The number of H-pyrrole nitrogens is 1. The minimum absolute atomic E-state index is 0.242. The first-order valence-corrected chi connectivity index (χ1v) is 3.27. The molecule has 1 aromatic rings. The summed E-state index contributed by atoms with van der Waals surface area (Å²) in [5, 5.41) is 0. The standard InChI is InChI=1S/C8H10N2O/c1-3-6-4-10-8(11)7(9)5(6)2/h3-4H,1,9H2,2H3,(H,10,11). The Morgan fingerprint density at radius 2 is 2.36 bits per heavy atom. The molecular formula is C8H10N2O. The molecule has 0 radical (unpaired) electrons. The summed E-state index contributed by atoms with van der Waals surface area (Å²) < 4.78 is 0. The van der Waals surface area contributed by atoms with Gasteiger partial charge in [0.15, 0.2) is 0 Å². The molecule has 0 unspecified atom stereocenters. The zero-order chi connectivity index (χ0) is 8.43. The van der Waals surface area contributed by atoms with E-state index < -0.39 is 0 Å². The molecule has 0 saturated carbocycles. The highest BCUT2D eigenvalue weighted by atomic mass is 16.1. The highest BCUT2D eigenvalue weighted by Crippen LogP contribution is 2.10. The van der Waals surface area contributed by atoms with Crippen LogP contribution in [0.2, 0.25) is 0 Å². The molecule has 0 aromatic carbocycles. The molecular weight excluding hydrogens is 140 g/mol. The molecule has 0 aliphatic heterocycles. The van der Waals surface area contributed by atoms with Crippen LogP contribution in [0.3, 0.4) is 0 Å². The van der Waals surface area contributed by atoms with Gasteiger partial charge in [-0.25, -0.2) is 0 Å². The van der Waals surface area contributed by atoms with Crippen molar-refractivity contribution in [1.29, 1.82) is 0 Å². The van der Waals surface area contributed by atoms with Crippen LogP contribution in [0.5, 0.6) is 0 Å². The fraction of sp³-hybridized carbons (Fsp3) is 0.125. The van der Waals surface area contributed by atoms with Gasteiger partial charge in [0, 0.05) is 6.20 Å². The van der Waals surface area contributed by atoms with Crippen molar-refractivity contribution >= 4 is 11.8 Å². The quantitative estimate of drug-likeness (QED) is 0.625. The van der Waals surface area contributed by atoms with Crippen LogP contribution in [0.15, 0.2) is 17.6 Å². The molecule has 0 saturated heterocycles. The Morgan fingerprint density at radius 3 is 2.91 bits per heavy atom. The number of nitrogens with two attached hydrogens (primary N) is 1. The van der Waals surface area contributed by atoms with Crippen LogP contribution in [0.25, 0.3) is 6.08 Å². The van der Waals surface area contributed by atoms with Crippen molar-refractivity contribution in [2.75, 3.05) is 5.73 Å². The predicted molar refractivity (Wildman–Crippen MR) is 46.3 cm³/mol. The van der Waals surface area contributed by atoms with E-state index in [1.165, 1.54) is 0 Å². The molecule has 3 heteroatoms. The van der Waals surface area contributed by atoms with Gasteiger partial charge in [0.2, 0.25) is 0 Å². The van der Waals surface area contributed by atoms with E-state index in [4.69, 9.17) is 5.73 Å². The molecule has 0 fully saturated rings. The van der Waals surface area contributed by atoms with Crippen molar-refractivity contribution in [3.05, 3.63) is 34.3 Å². The topological polar surface area (TPSA) is 58.9 Å². The second-order valence-electron chi connectivity index (χ2n) is 2.32. The molecule has 0 aliphatic carbocycles. The highest BCUT2D eigenvalue weighted by molar-refractivity contribution is 5.58. The first-order chi connectivity index (χ1) is 5.16. The Labute approximate surface area is 64.6 Å². The number of hydrogen-bond acceptors (Lipinski definition) is 2. The largest absolute Gasteiger partial charge is 0.394 e. The molecule has 3 N–H and O–H groups in total. The van der Waals surface area contributed by atoms with E-state index in [0.717, 1.165) is 11.1 Å². The summed E-state index contributed by atoms with van der Waals surface area (Å²) in [5.74, 6) is 0. The van der Waals surface area contributed by atoms with Crippen LogP contribution in [0, 0.1) is 6.92 Å². The van der Waals surface area contributed by atoms with Crippen molar-refractivity contribution in [1.82, 2.24) is 4.98 Å². The van der Waals surface area contributed by atoms with E-state index in [0.29, 0.717) is 0 Å². The molecule has 1 rings (SSSR count). The Balaban J connectivity index is 3.48. The summed E-state index contributed by atoms with van der Waals surface area (Å²) in [5.41, 5.74) is 7.13. The third kappa shape index (κ3) is 1.17. The lowest BCUT2D eigenvalue weighted by Gasteiger charge is -2.01. The fourth-order valence-corrected chi connectivity index (χ4v) is 0.867. The lowest BCUT2D eigenvalue weighted by Crippen LogP contribution is -2.13. The van der Waals surface area contributed by atoms with Gasteiger partial charge >= 0.3 is 0 Å². The molecule has 0 amide bonds. The second-order valence-corrected chi connectivity index (χ2v) is 2.32. The third-order valence-electron chi connectivity index (χ3n) is 1.66. The van der Waals surface area contributed by atoms with Crippen LogP contribution in [-0.4, -0.2) is 4.98 Å². The summed E-state index contributed by atoms with van der Waals surface area (Å²) in [6.45, 7) is 5.38. The monoisotopic (exact) mass is 150 g/mol. The van der Waals surface area contributed by atoms with Gasteiger partial charge < -0.3 is 10.7 Å². The average Bonchev–Trinajstić information content (AvgIpc) is 2.01. The third-order valence-corrected chi connectivity index (χ3v) is 1.66. The summed E-state index contributed by atoms with van der Waals surface area (Å²) in [7, 11) is 0.